The molecule has 2 unspecified atom stereocenters. The SMILES string of the molecule is Cc1cc(Br)c(O)c(CN(C)C(C)CS(C)=O)c1. The van der Waals surface area contributed by atoms with Crippen LogP contribution < -0.4 is 0 Å². The molecule has 0 spiro atoms. The molecule has 0 saturated heterocycles. The van der Waals surface area contributed by atoms with Gasteiger partial charge in [-0.3, -0.25) is 9.11 Å². The molecule has 0 aliphatic carbocycles. The molecule has 1 aromatic rings. The highest BCUT2D eigenvalue weighted by atomic mass is 79.9. The largest absolute Gasteiger partial charge is 0.506 e. The maximum absolute atomic E-state index is 11.2. The van der Waals surface area contributed by atoms with Gasteiger partial charge in [0.1, 0.15) is 5.75 Å². The Morgan fingerprint density at radius 3 is 2.67 bits per heavy atom. The van der Waals surface area contributed by atoms with Crippen molar-refractivity contribution in [3.05, 3.63) is 27.7 Å². The van der Waals surface area contributed by atoms with Crippen molar-refractivity contribution in [3.8, 4) is 5.75 Å². The van der Waals surface area contributed by atoms with Crippen LogP contribution in [-0.4, -0.2) is 39.3 Å². The standard InChI is InChI=1S/C13H20BrNO2S/c1-9-5-11(13(16)12(14)6-9)7-15(3)10(2)8-18(4)17/h5-6,10,16H,7-8H2,1-4H3. The van der Waals surface area contributed by atoms with E-state index in [0.717, 1.165) is 15.6 Å². The van der Waals surface area contributed by atoms with Crippen LogP contribution in [0.5, 0.6) is 5.75 Å². The molecule has 18 heavy (non-hydrogen) atoms. The first-order valence-corrected chi connectivity index (χ1v) is 8.31. The van der Waals surface area contributed by atoms with Gasteiger partial charge in [0, 0.05) is 41.0 Å². The van der Waals surface area contributed by atoms with Crippen LogP contribution in [0.3, 0.4) is 0 Å². The molecule has 0 fully saturated rings. The Morgan fingerprint density at radius 2 is 2.11 bits per heavy atom. The molecule has 0 radical (unpaired) electrons. The van der Waals surface area contributed by atoms with E-state index in [1.807, 2.05) is 33.0 Å². The Bertz CT molecular complexity index is 451. The number of hydrogen-bond acceptors (Lipinski definition) is 3. The molecule has 0 saturated carbocycles. The first kappa shape index (κ1) is 15.7. The summed E-state index contributed by atoms with van der Waals surface area (Å²) in [4.78, 5) is 2.10. The third-order valence-electron chi connectivity index (χ3n) is 2.93. The number of aryl methyl sites for hydroxylation is 1. The highest BCUT2D eigenvalue weighted by Crippen LogP contribution is 2.30. The number of aromatic hydroxyl groups is 1. The molecule has 0 bridgehead atoms. The summed E-state index contributed by atoms with van der Waals surface area (Å²) >= 11 is 3.35. The zero-order chi connectivity index (χ0) is 13.9. The smallest absolute Gasteiger partial charge is 0.134 e. The molecule has 0 aliphatic rings. The molecule has 2 atom stereocenters. The molecule has 102 valence electrons. The van der Waals surface area contributed by atoms with E-state index in [4.69, 9.17) is 0 Å². The molecular weight excluding hydrogens is 314 g/mol. The average Bonchev–Trinajstić information content (AvgIpc) is 2.24. The zero-order valence-electron chi connectivity index (χ0n) is 11.2. The summed E-state index contributed by atoms with van der Waals surface area (Å²) < 4.78 is 11.9. The molecule has 1 N–H and O–H groups in total. The van der Waals surface area contributed by atoms with E-state index < -0.39 is 10.8 Å². The van der Waals surface area contributed by atoms with Gasteiger partial charge < -0.3 is 5.11 Å². The highest BCUT2D eigenvalue weighted by Gasteiger charge is 2.14. The number of hydrogen-bond donors (Lipinski definition) is 1. The summed E-state index contributed by atoms with van der Waals surface area (Å²) in [5, 5.41) is 10.0. The number of phenols is 1. The molecule has 1 rings (SSSR count). The summed E-state index contributed by atoms with van der Waals surface area (Å²) in [6, 6.07) is 4.09. The van der Waals surface area contributed by atoms with Crippen LogP contribution in [-0.2, 0) is 17.3 Å². The molecule has 1 aromatic carbocycles. The van der Waals surface area contributed by atoms with Crippen molar-refractivity contribution in [3.63, 3.8) is 0 Å². The summed E-state index contributed by atoms with van der Waals surface area (Å²) in [5.41, 5.74) is 1.99. The van der Waals surface area contributed by atoms with Gasteiger partial charge >= 0.3 is 0 Å². The second kappa shape index (κ2) is 6.68. The van der Waals surface area contributed by atoms with E-state index in [1.54, 1.807) is 6.26 Å². The van der Waals surface area contributed by atoms with Crippen molar-refractivity contribution < 1.29 is 9.32 Å². The van der Waals surface area contributed by atoms with Gasteiger partial charge in [0.25, 0.3) is 0 Å². The minimum absolute atomic E-state index is 0.217. The fraction of sp³-hybridized carbons (Fsp3) is 0.538. The van der Waals surface area contributed by atoms with Gasteiger partial charge in [0.05, 0.1) is 4.47 Å². The average molecular weight is 334 g/mol. The van der Waals surface area contributed by atoms with Crippen LogP contribution in [0.4, 0.5) is 0 Å². The first-order chi connectivity index (χ1) is 8.31. The number of phenolic OH excluding ortho intramolecular Hbond substituents is 1. The quantitative estimate of drug-likeness (QED) is 0.900. The van der Waals surface area contributed by atoms with Crippen molar-refractivity contribution in [2.45, 2.75) is 26.4 Å². The number of nitrogens with zero attached hydrogens (tertiary/aromatic N) is 1. The van der Waals surface area contributed by atoms with Crippen molar-refractivity contribution in [1.82, 2.24) is 4.90 Å². The predicted molar refractivity (Wildman–Crippen MR) is 80.4 cm³/mol. The summed E-state index contributed by atoms with van der Waals surface area (Å²) in [7, 11) is 1.18. The fourth-order valence-corrected chi connectivity index (χ4v) is 3.37. The number of halogens is 1. The van der Waals surface area contributed by atoms with Crippen LogP contribution >= 0.6 is 15.9 Å². The van der Waals surface area contributed by atoms with Crippen LogP contribution in [0.25, 0.3) is 0 Å². The van der Waals surface area contributed by atoms with Gasteiger partial charge in [-0.15, -0.1) is 0 Å². The minimum atomic E-state index is -0.802. The van der Waals surface area contributed by atoms with Crippen LogP contribution in [0.1, 0.15) is 18.1 Å². The molecule has 3 nitrogen and oxygen atoms in total. The minimum Gasteiger partial charge on any atom is -0.506 e. The van der Waals surface area contributed by atoms with E-state index in [0.29, 0.717) is 12.3 Å². The third-order valence-corrected chi connectivity index (χ3v) is 4.49. The lowest BCUT2D eigenvalue weighted by molar-refractivity contribution is 0.264. The Kier molecular flexibility index (Phi) is 5.82. The van der Waals surface area contributed by atoms with E-state index in [9.17, 15) is 9.32 Å². The van der Waals surface area contributed by atoms with E-state index in [2.05, 4.69) is 20.8 Å². The van der Waals surface area contributed by atoms with Crippen molar-refractivity contribution in [2.75, 3.05) is 19.1 Å². The van der Waals surface area contributed by atoms with E-state index in [1.165, 1.54) is 0 Å². The monoisotopic (exact) mass is 333 g/mol. The Labute approximate surface area is 120 Å². The number of benzene rings is 1. The van der Waals surface area contributed by atoms with Crippen molar-refractivity contribution in [1.29, 1.82) is 0 Å². The third kappa shape index (κ3) is 4.37. The zero-order valence-corrected chi connectivity index (χ0v) is 13.6. The van der Waals surface area contributed by atoms with Gasteiger partial charge in [0.2, 0.25) is 0 Å². The van der Waals surface area contributed by atoms with Gasteiger partial charge in [-0.2, -0.15) is 0 Å². The van der Waals surface area contributed by atoms with Gasteiger partial charge in [-0.25, -0.2) is 0 Å². The summed E-state index contributed by atoms with van der Waals surface area (Å²) in [6.45, 7) is 4.69. The molecular formula is C13H20BrNO2S. The second-order valence-corrected chi connectivity index (χ2v) is 7.09. The van der Waals surface area contributed by atoms with Crippen molar-refractivity contribution in [2.24, 2.45) is 0 Å². The lowest BCUT2D eigenvalue weighted by Crippen LogP contribution is -2.32. The summed E-state index contributed by atoms with van der Waals surface area (Å²) in [5.74, 6) is 0.932. The van der Waals surface area contributed by atoms with Crippen LogP contribution in [0.2, 0.25) is 0 Å². The molecule has 0 heterocycles. The lowest BCUT2D eigenvalue weighted by Gasteiger charge is -2.24. The fourth-order valence-electron chi connectivity index (χ4n) is 1.82. The van der Waals surface area contributed by atoms with Gasteiger partial charge in [-0.05, 0) is 48.5 Å². The molecule has 0 aromatic heterocycles. The predicted octanol–water partition coefficient (Wildman–Crippen LogP) is 2.66. The lowest BCUT2D eigenvalue weighted by atomic mass is 10.1. The molecule has 5 heteroatoms. The normalized spacial score (nSPS) is 14.8. The van der Waals surface area contributed by atoms with E-state index in [-0.39, 0.29) is 11.8 Å². The molecule has 0 aliphatic heterocycles. The first-order valence-electron chi connectivity index (χ1n) is 5.79. The van der Waals surface area contributed by atoms with Crippen LogP contribution in [0.15, 0.2) is 16.6 Å². The number of rotatable bonds is 5. The Morgan fingerprint density at radius 1 is 1.50 bits per heavy atom. The second-order valence-electron chi connectivity index (χ2n) is 4.76. The Hall–Kier alpha value is -0.390. The maximum Gasteiger partial charge on any atom is 0.134 e. The van der Waals surface area contributed by atoms with Crippen LogP contribution in [0, 0.1) is 6.92 Å². The maximum atomic E-state index is 11.2. The van der Waals surface area contributed by atoms with E-state index >= 15 is 0 Å². The van der Waals surface area contributed by atoms with Gasteiger partial charge in [-0.1, -0.05) is 6.07 Å². The topological polar surface area (TPSA) is 40.5 Å². The summed E-state index contributed by atoms with van der Waals surface area (Å²) in [6.07, 6.45) is 1.71. The Balaban J connectivity index is 2.81. The highest BCUT2D eigenvalue weighted by molar-refractivity contribution is 9.10. The van der Waals surface area contributed by atoms with Gasteiger partial charge in [0.15, 0.2) is 0 Å². The molecule has 0 amide bonds. The van der Waals surface area contributed by atoms with Crippen molar-refractivity contribution >= 4 is 26.7 Å².